The first kappa shape index (κ1) is 8.39. The Kier molecular flexibility index (Phi) is 2.39. The summed E-state index contributed by atoms with van der Waals surface area (Å²) in [4.78, 5) is 0. The zero-order valence-electron chi connectivity index (χ0n) is 6.57. The van der Waals surface area contributed by atoms with Crippen LogP contribution >= 0.6 is 0 Å². The Hall–Kier alpha value is -0.703. The molecule has 0 aromatic heterocycles. The zero-order chi connectivity index (χ0) is 8.43. The van der Waals surface area contributed by atoms with E-state index in [-0.39, 0.29) is 0 Å². The Morgan fingerprint density at radius 1 is 1.27 bits per heavy atom. The third-order valence-electron chi connectivity index (χ3n) is 1.61. The van der Waals surface area contributed by atoms with E-state index in [2.05, 4.69) is 0 Å². The van der Waals surface area contributed by atoms with E-state index in [4.69, 9.17) is 0 Å². The summed E-state index contributed by atoms with van der Waals surface area (Å²) in [6, 6.07) is 4.09. The lowest BCUT2D eigenvalue weighted by Gasteiger charge is -2.04. The van der Waals surface area contributed by atoms with Crippen molar-refractivity contribution in [2.45, 2.75) is 12.5 Å². The van der Waals surface area contributed by atoms with Crippen LogP contribution in [0.15, 0.2) is 18.2 Å². The van der Waals surface area contributed by atoms with Gasteiger partial charge in [-0.25, -0.2) is 8.78 Å². The maximum absolute atomic E-state index is 12.6. The van der Waals surface area contributed by atoms with E-state index >= 15 is 0 Å². The summed E-state index contributed by atoms with van der Waals surface area (Å²) in [5.41, 5.74) is 1.26. The molecule has 0 heterocycles. The molecule has 60 valence electrons. The van der Waals surface area contributed by atoms with Gasteiger partial charge in [0.05, 0.1) is 0 Å². The molecule has 0 fully saturated rings. The molecule has 1 rings (SSSR count). The van der Waals surface area contributed by atoms with E-state index < -0.39 is 11.6 Å². The minimum Gasteiger partial charge on any atom is -0.204 e. The number of benzene rings is 1. The summed E-state index contributed by atoms with van der Waals surface area (Å²) in [5, 5.41) is 0. The van der Waals surface area contributed by atoms with Crippen LogP contribution in [0.4, 0.5) is 8.78 Å². The molecular weight excluding hydrogens is 162 g/mol. The summed E-state index contributed by atoms with van der Waals surface area (Å²) in [6.07, 6.45) is 0. The Morgan fingerprint density at radius 2 is 1.91 bits per heavy atom. The second-order valence-electron chi connectivity index (χ2n) is 2.83. The molecule has 0 saturated heterocycles. The molecule has 0 radical (unpaired) electrons. The van der Waals surface area contributed by atoms with Gasteiger partial charge in [-0.1, -0.05) is 13.0 Å². The van der Waals surface area contributed by atoms with Crippen molar-refractivity contribution < 1.29 is 8.78 Å². The van der Waals surface area contributed by atoms with E-state index in [9.17, 15) is 8.78 Å². The standard InChI is InChI=1S/C8H10F2Si/c1-5(11)6-2-3-7(9)8(10)4-6/h2-5H,1,11H3. The molecular formula is C8H10F2Si. The van der Waals surface area contributed by atoms with Gasteiger partial charge in [0.25, 0.3) is 0 Å². The quantitative estimate of drug-likeness (QED) is 0.562. The maximum atomic E-state index is 12.6. The first-order valence-electron chi connectivity index (χ1n) is 3.56. The summed E-state index contributed by atoms with van der Waals surface area (Å²) in [5.74, 6) is -1.51. The van der Waals surface area contributed by atoms with Gasteiger partial charge >= 0.3 is 0 Å². The minimum absolute atomic E-state index is 0.380. The summed E-state index contributed by atoms with van der Waals surface area (Å²) in [7, 11) is 0.963. The molecule has 0 nitrogen and oxygen atoms in total. The van der Waals surface area contributed by atoms with Crippen molar-refractivity contribution in [3.05, 3.63) is 35.4 Å². The molecule has 0 saturated carbocycles. The zero-order valence-corrected chi connectivity index (χ0v) is 8.57. The van der Waals surface area contributed by atoms with Gasteiger partial charge in [-0.3, -0.25) is 0 Å². The molecule has 0 N–H and O–H groups in total. The fraction of sp³-hybridized carbons (Fsp3) is 0.250. The van der Waals surface area contributed by atoms with Crippen molar-refractivity contribution in [3.8, 4) is 0 Å². The Morgan fingerprint density at radius 3 is 2.36 bits per heavy atom. The Labute approximate surface area is 67.7 Å². The molecule has 3 heteroatoms. The predicted octanol–water partition coefficient (Wildman–Crippen LogP) is 1.39. The fourth-order valence-electron chi connectivity index (χ4n) is 0.871. The van der Waals surface area contributed by atoms with Gasteiger partial charge in [0, 0.05) is 10.2 Å². The molecule has 0 spiro atoms. The van der Waals surface area contributed by atoms with Crippen LogP contribution in [0, 0.1) is 11.6 Å². The van der Waals surface area contributed by atoms with E-state index in [0.717, 1.165) is 15.8 Å². The number of halogens is 2. The lowest BCUT2D eigenvalue weighted by molar-refractivity contribution is 0.507. The smallest absolute Gasteiger partial charge is 0.159 e. The average molecular weight is 172 g/mol. The highest BCUT2D eigenvalue weighted by molar-refractivity contribution is 6.12. The maximum Gasteiger partial charge on any atom is 0.159 e. The van der Waals surface area contributed by atoms with Crippen LogP contribution in [-0.4, -0.2) is 10.2 Å². The number of hydrogen-bond acceptors (Lipinski definition) is 0. The topological polar surface area (TPSA) is 0 Å². The Bertz CT molecular complexity index is 258. The number of hydrogen-bond donors (Lipinski definition) is 0. The third kappa shape index (κ3) is 1.86. The minimum atomic E-state index is -0.768. The molecule has 1 aromatic rings. The van der Waals surface area contributed by atoms with Crippen LogP contribution in [0.25, 0.3) is 0 Å². The van der Waals surface area contributed by atoms with Crippen molar-refractivity contribution >= 4 is 10.2 Å². The molecule has 1 aromatic carbocycles. The largest absolute Gasteiger partial charge is 0.204 e. The van der Waals surface area contributed by atoms with Crippen molar-refractivity contribution in [1.29, 1.82) is 0 Å². The highest BCUT2D eigenvalue weighted by Gasteiger charge is 2.04. The van der Waals surface area contributed by atoms with Gasteiger partial charge in [-0.15, -0.1) is 0 Å². The molecule has 11 heavy (non-hydrogen) atoms. The van der Waals surface area contributed by atoms with Crippen LogP contribution in [0.3, 0.4) is 0 Å². The molecule has 1 unspecified atom stereocenters. The van der Waals surface area contributed by atoms with Gasteiger partial charge in [0.15, 0.2) is 11.6 Å². The summed E-state index contributed by atoms with van der Waals surface area (Å²) >= 11 is 0. The van der Waals surface area contributed by atoms with Gasteiger partial charge in [-0.2, -0.15) is 0 Å². The van der Waals surface area contributed by atoms with Crippen LogP contribution in [0.1, 0.15) is 18.0 Å². The number of rotatable bonds is 1. The fourth-order valence-corrected chi connectivity index (χ4v) is 1.23. The highest BCUT2D eigenvalue weighted by atomic mass is 28.1. The monoisotopic (exact) mass is 172 g/mol. The first-order chi connectivity index (χ1) is 5.11. The molecule has 0 aliphatic heterocycles. The lowest BCUT2D eigenvalue weighted by Crippen LogP contribution is -1.94. The van der Waals surface area contributed by atoms with E-state index in [0.29, 0.717) is 5.54 Å². The van der Waals surface area contributed by atoms with Crippen LogP contribution in [-0.2, 0) is 0 Å². The molecule has 0 amide bonds. The van der Waals surface area contributed by atoms with Crippen LogP contribution < -0.4 is 0 Å². The molecule has 0 aliphatic rings. The van der Waals surface area contributed by atoms with Crippen LogP contribution in [0.2, 0.25) is 0 Å². The SMILES string of the molecule is CC([SiH3])c1ccc(F)c(F)c1. The van der Waals surface area contributed by atoms with Crippen molar-refractivity contribution in [2.24, 2.45) is 0 Å². The van der Waals surface area contributed by atoms with Gasteiger partial charge < -0.3 is 0 Å². The van der Waals surface area contributed by atoms with Gasteiger partial charge in [0.1, 0.15) is 0 Å². The highest BCUT2D eigenvalue weighted by Crippen LogP contribution is 2.14. The van der Waals surface area contributed by atoms with Crippen LogP contribution in [0.5, 0.6) is 0 Å². The first-order valence-corrected chi connectivity index (χ1v) is 4.71. The molecule has 0 aliphatic carbocycles. The van der Waals surface area contributed by atoms with E-state index in [1.807, 2.05) is 6.92 Å². The third-order valence-corrected chi connectivity index (χ3v) is 2.28. The molecule has 1 atom stereocenters. The van der Waals surface area contributed by atoms with Gasteiger partial charge in [-0.05, 0) is 23.2 Å². The molecule has 0 bridgehead atoms. The van der Waals surface area contributed by atoms with Gasteiger partial charge in [0.2, 0.25) is 0 Å². The summed E-state index contributed by atoms with van der Waals surface area (Å²) in [6.45, 7) is 2.00. The lowest BCUT2D eigenvalue weighted by atomic mass is 10.1. The van der Waals surface area contributed by atoms with E-state index in [1.165, 1.54) is 12.1 Å². The summed E-state index contributed by atoms with van der Waals surface area (Å²) < 4.78 is 25.0. The average Bonchev–Trinajstić information content (AvgIpc) is 1.94. The predicted molar refractivity (Wildman–Crippen MR) is 44.7 cm³/mol. The Balaban J connectivity index is 3.05. The van der Waals surface area contributed by atoms with Crippen molar-refractivity contribution in [1.82, 2.24) is 0 Å². The second kappa shape index (κ2) is 3.13. The normalized spacial score (nSPS) is 13.4. The van der Waals surface area contributed by atoms with E-state index in [1.54, 1.807) is 6.07 Å². The van der Waals surface area contributed by atoms with Crippen molar-refractivity contribution in [2.75, 3.05) is 0 Å². The van der Waals surface area contributed by atoms with Crippen molar-refractivity contribution in [3.63, 3.8) is 0 Å². The second-order valence-corrected chi connectivity index (χ2v) is 4.56.